The monoisotopic (exact) mass is 427 g/mol. The van der Waals surface area contributed by atoms with Gasteiger partial charge in [0.2, 0.25) is 0 Å². The fraction of sp³-hybridized carbons (Fsp3) is 0.684. The molecule has 0 amide bonds. The molecule has 154 valence electrons. The van der Waals surface area contributed by atoms with E-state index in [4.69, 9.17) is 9.47 Å². The lowest BCUT2D eigenvalue weighted by Crippen LogP contribution is -2.59. The molecule has 28 heavy (non-hydrogen) atoms. The third-order valence-corrected chi connectivity index (χ3v) is 9.88. The molecule has 0 radical (unpaired) electrons. The number of carbonyl (C=O) groups excluding carboxylic acids is 2. The molecule has 5 rings (SSSR count). The van der Waals surface area contributed by atoms with E-state index < -0.39 is 27.5 Å². The third kappa shape index (κ3) is 3.17. The van der Waals surface area contributed by atoms with Gasteiger partial charge in [0.25, 0.3) is 10.0 Å². The van der Waals surface area contributed by atoms with Gasteiger partial charge >= 0.3 is 11.9 Å². The Morgan fingerprint density at radius 3 is 1.96 bits per heavy atom. The minimum atomic E-state index is -3.99. The van der Waals surface area contributed by atoms with Gasteiger partial charge in [-0.2, -0.15) is 0 Å². The van der Waals surface area contributed by atoms with Gasteiger partial charge in [-0.15, -0.1) is 11.3 Å². The summed E-state index contributed by atoms with van der Waals surface area (Å²) in [6.45, 7) is 1.54. The van der Waals surface area contributed by atoms with Crippen molar-refractivity contribution in [1.29, 1.82) is 0 Å². The molecule has 4 aliphatic carbocycles. The summed E-state index contributed by atoms with van der Waals surface area (Å²) in [5.74, 6) is 0.290. The molecular formula is C19H25NO6S2. The highest BCUT2D eigenvalue weighted by atomic mass is 32.2. The standard InChI is InChI=1S/C19H25NO6S2/c1-10-14(16(21)25-2)18(27-15(10)17(22)26-3)28(23,24)20-19-7-11-4-12(8-19)6-13(5-11)9-19/h11-13,20H,4-9H2,1-3H3. The Hall–Kier alpha value is -1.45. The maximum absolute atomic E-state index is 13.4. The minimum absolute atomic E-state index is 0.0786. The second-order valence-electron chi connectivity index (χ2n) is 8.51. The molecule has 9 heteroatoms. The van der Waals surface area contributed by atoms with Crippen LogP contribution in [0.5, 0.6) is 0 Å². The SMILES string of the molecule is COC(=O)c1sc(S(=O)(=O)NC23CC4CC(CC(C4)C2)C3)c(C(=O)OC)c1C. The molecular weight excluding hydrogens is 402 g/mol. The summed E-state index contributed by atoms with van der Waals surface area (Å²) in [5.41, 5.74) is -0.246. The van der Waals surface area contributed by atoms with E-state index in [2.05, 4.69) is 4.72 Å². The molecule has 7 nitrogen and oxygen atoms in total. The molecule has 1 heterocycles. The normalized spacial score (nSPS) is 31.0. The van der Waals surface area contributed by atoms with Crippen LogP contribution in [0.4, 0.5) is 0 Å². The van der Waals surface area contributed by atoms with Gasteiger partial charge in [0.15, 0.2) is 4.21 Å². The van der Waals surface area contributed by atoms with E-state index in [0.29, 0.717) is 17.8 Å². The van der Waals surface area contributed by atoms with Crippen LogP contribution in [0, 0.1) is 24.7 Å². The van der Waals surface area contributed by atoms with Gasteiger partial charge in [0, 0.05) is 5.54 Å². The topological polar surface area (TPSA) is 98.8 Å². The van der Waals surface area contributed by atoms with Crippen LogP contribution in [0.1, 0.15) is 64.1 Å². The van der Waals surface area contributed by atoms with Gasteiger partial charge in [-0.05, 0) is 68.8 Å². The predicted octanol–water partition coefficient (Wildman–Crippen LogP) is 2.88. The molecule has 4 fully saturated rings. The smallest absolute Gasteiger partial charge is 0.348 e. The van der Waals surface area contributed by atoms with Crippen molar-refractivity contribution >= 4 is 33.3 Å². The number of hydrogen-bond acceptors (Lipinski definition) is 7. The Labute approximate surface area is 168 Å². The lowest BCUT2D eigenvalue weighted by Gasteiger charge is -2.56. The van der Waals surface area contributed by atoms with Crippen LogP contribution < -0.4 is 4.72 Å². The minimum Gasteiger partial charge on any atom is -0.465 e. The van der Waals surface area contributed by atoms with Crippen molar-refractivity contribution in [2.24, 2.45) is 17.8 Å². The van der Waals surface area contributed by atoms with Gasteiger partial charge in [0.1, 0.15) is 4.88 Å². The summed E-state index contributed by atoms with van der Waals surface area (Å²) >= 11 is 0.772. The van der Waals surface area contributed by atoms with Crippen molar-refractivity contribution < 1.29 is 27.5 Å². The van der Waals surface area contributed by atoms with Crippen LogP contribution in [0.2, 0.25) is 0 Å². The maximum atomic E-state index is 13.4. The Bertz CT molecular complexity index is 897. The van der Waals surface area contributed by atoms with Crippen molar-refractivity contribution in [2.75, 3.05) is 14.2 Å². The highest BCUT2D eigenvalue weighted by Gasteiger charge is 2.53. The zero-order valence-electron chi connectivity index (χ0n) is 16.2. The molecule has 1 aromatic heterocycles. The van der Waals surface area contributed by atoms with Gasteiger partial charge < -0.3 is 9.47 Å². The molecule has 4 aliphatic rings. The number of esters is 2. The molecule has 1 N–H and O–H groups in total. The molecule has 1 aromatic rings. The van der Waals surface area contributed by atoms with E-state index in [0.717, 1.165) is 30.6 Å². The second-order valence-corrected chi connectivity index (χ2v) is 11.4. The first kappa shape index (κ1) is 19.8. The van der Waals surface area contributed by atoms with E-state index in [1.165, 1.54) is 33.5 Å². The number of methoxy groups -OCH3 is 2. The van der Waals surface area contributed by atoms with E-state index in [1.807, 2.05) is 0 Å². The lowest BCUT2D eigenvalue weighted by atomic mass is 9.53. The van der Waals surface area contributed by atoms with E-state index in [-0.39, 0.29) is 20.2 Å². The molecule has 4 bridgehead atoms. The molecule has 0 aromatic carbocycles. The van der Waals surface area contributed by atoms with Crippen LogP contribution in [-0.4, -0.2) is 40.1 Å². The van der Waals surface area contributed by atoms with E-state index in [1.54, 1.807) is 6.92 Å². The first-order valence-electron chi connectivity index (χ1n) is 9.52. The maximum Gasteiger partial charge on any atom is 0.348 e. The predicted molar refractivity (Wildman–Crippen MR) is 103 cm³/mol. The van der Waals surface area contributed by atoms with Crippen molar-refractivity contribution in [3.63, 3.8) is 0 Å². The Morgan fingerprint density at radius 1 is 1.00 bits per heavy atom. The lowest BCUT2D eigenvalue weighted by molar-refractivity contribution is -0.00810. The zero-order valence-corrected chi connectivity index (χ0v) is 17.9. The Kier molecular flexibility index (Phi) is 4.83. The second kappa shape index (κ2) is 6.81. The van der Waals surface area contributed by atoms with Gasteiger partial charge in [-0.3, -0.25) is 0 Å². The largest absolute Gasteiger partial charge is 0.465 e. The summed E-state index contributed by atoms with van der Waals surface area (Å²) in [4.78, 5) is 24.5. The quantitative estimate of drug-likeness (QED) is 0.726. The zero-order chi connectivity index (χ0) is 20.3. The average molecular weight is 428 g/mol. The highest BCUT2D eigenvalue weighted by molar-refractivity contribution is 7.91. The summed E-state index contributed by atoms with van der Waals surface area (Å²) < 4.78 is 39.1. The van der Waals surface area contributed by atoms with Crippen molar-refractivity contribution in [3.05, 3.63) is 16.0 Å². The van der Waals surface area contributed by atoms with Crippen molar-refractivity contribution in [2.45, 2.75) is 55.2 Å². The first-order chi connectivity index (χ1) is 13.2. The Balaban J connectivity index is 1.73. The molecule has 0 unspecified atom stereocenters. The number of nitrogens with one attached hydrogen (secondary N) is 1. The van der Waals surface area contributed by atoms with Crippen molar-refractivity contribution in [3.8, 4) is 0 Å². The fourth-order valence-electron chi connectivity index (χ4n) is 5.87. The molecule has 0 saturated heterocycles. The number of ether oxygens (including phenoxy) is 2. The summed E-state index contributed by atoms with van der Waals surface area (Å²) in [5, 5.41) is 0. The van der Waals surface area contributed by atoms with E-state index >= 15 is 0 Å². The first-order valence-corrected chi connectivity index (χ1v) is 11.8. The summed E-state index contributed by atoms with van der Waals surface area (Å²) in [6.07, 6.45) is 6.12. The van der Waals surface area contributed by atoms with Crippen LogP contribution in [0.3, 0.4) is 0 Å². The molecule has 0 atom stereocenters. The van der Waals surface area contributed by atoms with E-state index in [9.17, 15) is 18.0 Å². The fourth-order valence-corrected chi connectivity index (χ4v) is 9.05. The molecule has 0 spiro atoms. The highest BCUT2D eigenvalue weighted by Crippen LogP contribution is 2.56. The van der Waals surface area contributed by atoms with Gasteiger partial charge in [-0.1, -0.05) is 0 Å². The van der Waals surface area contributed by atoms with Crippen LogP contribution >= 0.6 is 11.3 Å². The molecule has 4 saturated carbocycles. The van der Waals surface area contributed by atoms with Crippen molar-refractivity contribution in [1.82, 2.24) is 4.72 Å². The Morgan fingerprint density at radius 2 is 1.50 bits per heavy atom. The number of sulfonamides is 1. The van der Waals surface area contributed by atoms with Crippen LogP contribution in [0.25, 0.3) is 0 Å². The van der Waals surface area contributed by atoms with Crippen LogP contribution in [0.15, 0.2) is 4.21 Å². The average Bonchev–Trinajstić information content (AvgIpc) is 2.96. The van der Waals surface area contributed by atoms with Gasteiger partial charge in [-0.25, -0.2) is 22.7 Å². The van der Waals surface area contributed by atoms with Crippen LogP contribution in [-0.2, 0) is 19.5 Å². The number of carbonyl (C=O) groups is 2. The molecule has 0 aliphatic heterocycles. The summed E-state index contributed by atoms with van der Waals surface area (Å²) in [7, 11) is -1.57. The number of hydrogen-bond donors (Lipinski definition) is 1. The number of thiophene rings is 1. The number of rotatable bonds is 5. The van der Waals surface area contributed by atoms with Gasteiger partial charge in [0.05, 0.1) is 19.8 Å². The third-order valence-electron chi connectivity index (χ3n) is 6.51. The summed E-state index contributed by atoms with van der Waals surface area (Å²) in [6, 6.07) is 0.